The van der Waals surface area contributed by atoms with Gasteiger partial charge in [-0.25, -0.2) is 4.98 Å². The van der Waals surface area contributed by atoms with E-state index >= 15 is 0 Å². The van der Waals surface area contributed by atoms with Gasteiger partial charge in [-0.3, -0.25) is 4.68 Å². The summed E-state index contributed by atoms with van der Waals surface area (Å²) in [6.45, 7) is 7.51. The van der Waals surface area contributed by atoms with Gasteiger partial charge in [0.1, 0.15) is 11.3 Å². The van der Waals surface area contributed by atoms with E-state index in [9.17, 15) is 5.26 Å². The molecule has 3 aromatic rings. The molecule has 2 aromatic heterocycles. The second-order valence-electron chi connectivity index (χ2n) is 8.65. The summed E-state index contributed by atoms with van der Waals surface area (Å²) in [5, 5.41) is 17.2. The topological polar surface area (TPSA) is 79.0 Å². The number of hydrogen-bond donors (Lipinski definition) is 1. The number of aromatic nitrogens is 3. The van der Waals surface area contributed by atoms with Crippen LogP contribution in [0.15, 0.2) is 36.5 Å². The van der Waals surface area contributed by atoms with Gasteiger partial charge in [-0.1, -0.05) is 19.1 Å². The molecule has 1 atom stereocenters. The average molecular weight is 417 g/mol. The third kappa shape index (κ3) is 4.14. The van der Waals surface area contributed by atoms with Crippen LogP contribution < -0.4 is 10.2 Å². The third-order valence-electron chi connectivity index (χ3n) is 6.40. The Kier molecular flexibility index (Phi) is 5.58. The highest BCUT2D eigenvalue weighted by Crippen LogP contribution is 2.34. The van der Waals surface area contributed by atoms with Crippen molar-refractivity contribution >= 4 is 16.9 Å². The van der Waals surface area contributed by atoms with Crippen LogP contribution in [0.1, 0.15) is 25.3 Å². The number of pyridine rings is 1. The number of fused-ring (bicyclic) bond motifs is 1. The lowest BCUT2D eigenvalue weighted by Crippen LogP contribution is -2.40. The summed E-state index contributed by atoms with van der Waals surface area (Å²) in [5.41, 5.74) is 4.76. The normalized spacial score (nSPS) is 20.1. The number of rotatable bonds is 4. The summed E-state index contributed by atoms with van der Waals surface area (Å²) in [5.74, 6) is 1.77. The van der Waals surface area contributed by atoms with E-state index in [0.717, 1.165) is 66.7 Å². The van der Waals surface area contributed by atoms with Crippen LogP contribution in [0.2, 0.25) is 0 Å². The molecule has 0 bridgehead atoms. The first-order valence-electron chi connectivity index (χ1n) is 11.2. The molecule has 5 rings (SSSR count). The van der Waals surface area contributed by atoms with Crippen LogP contribution in [-0.4, -0.2) is 53.7 Å². The monoisotopic (exact) mass is 416 g/mol. The molecule has 2 fully saturated rings. The molecule has 1 aromatic carbocycles. The maximum absolute atomic E-state index is 9.19. The van der Waals surface area contributed by atoms with Crippen LogP contribution in [0.4, 0.5) is 5.82 Å². The minimum absolute atomic E-state index is 0.110. The van der Waals surface area contributed by atoms with Gasteiger partial charge in [0.05, 0.1) is 42.6 Å². The smallest absolute Gasteiger partial charge is 0.137 e. The second kappa shape index (κ2) is 8.66. The highest BCUT2D eigenvalue weighted by atomic mass is 16.5. The van der Waals surface area contributed by atoms with E-state index in [2.05, 4.69) is 34.4 Å². The fourth-order valence-corrected chi connectivity index (χ4v) is 4.47. The molecule has 2 saturated heterocycles. The van der Waals surface area contributed by atoms with Crippen molar-refractivity contribution in [3.8, 4) is 17.2 Å². The largest absolute Gasteiger partial charge is 0.374 e. The van der Waals surface area contributed by atoms with Crippen LogP contribution in [0.5, 0.6) is 0 Å². The number of nitriles is 1. The van der Waals surface area contributed by atoms with Gasteiger partial charge in [0.2, 0.25) is 0 Å². The van der Waals surface area contributed by atoms with E-state index in [1.54, 1.807) is 0 Å². The lowest BCUT2D eigenvalue weighted by Gasteiger charge is -2.32. The van der Waals surface area contributed by atoms with Crippen LogP contribution in [0.3, 0.4) is 0 Å². The fourth-order valence-electron chi connectivity index (χ4n) is 4.47. The quantitative estimate of drug-likeness (QED) is 0.704. The molecule has 0 unspecified atom stereocenters. The summed E-state index contributed by atoms with van der Waals surface area (Å²) in [7, 11) is 0. The Labute approximate surface area is 182 Å². The van der Waals surface area contributed by atoms with Crippen LogP contribution in [-0.2, 0) is 11.3 Å². The highest BCUT2D eigenvalue weighted by Gasteiger charge is 2.23. The molecule has 2 aliphatic heterocycles. The zero-order valence-corrected chi connectivity index (χ0v) is 17.9. The minimum Gasteiger partial charge on any atom is -0.374 e. The molecular weight excluding hydrogens is 388 g/mol. The first-order chi connectivity index (χ1) is 15.2. The van der Waals surface area contributed by atoms with E-state index in [1.807, 2.05) is 35.1 Å². The van der Waals surface area contributed by atoms with Crippen molar-refractivity contribution in [2.75, 3.05) is 37.7 Å². The number of nitrogens with one attached hydrogen (secondary N) is 1. The van der Waals surface area contributed by atoms with Gasteiger partial charge in [-0.2, -0.15) is 10.4 Å². The first-order valence-corrected chi connectivity index (χ1v) is 11.2. The Balaban J connectivity index is 1.56. The van der Waals surface area contributed by atoms with Crippen LogP contribution in [0.25, 0.3) is 22.2 Å². The predicted octanol–water partition coefficient (Wildman–Crippen LogP) is 3.19. The second-order valence-corrected chi connectivity index (χ2v) is 8.65. The Hall–Kier alpha value is -2.95. The molecular formula is C24H28N6O. The Morgan fingerprint density at radius 1 is 1.23 bits per heavy atom. The molecule has 0 saturated carbocycles. The number of anilines is 1. The summed E-state index contributed by atoms with van der Waals surface area (Å²) >= 11 is 0. The third-order valence-corrected chi connectivity index (χ3v) is 6.40. The van der Waals surface area contributed by atoms with Crippen molar-refractivity contribution < 1.29 is 4.74 Å². The van der Waals surface area contributed by atoms with Gasteiger partial charge in [0, 0.05) is 31.7 Å². The number of piperidine rings is 1. The first kappa shape index (κ1) is 20.0. The Bertz CT molecular complexity index is 1090. The van der Waals surface area contributed by atoms with Gasteiger partial charge in [0.25, 0.3) is 0 Å². The lowest BCUT2D eigenvalue weighted by atomic mass is 9.97. The number of hydrogen-bond acceptors (Lipinski definition) is 6. The number of ether oxygens (including phenoxy) is 1. The fraction of sp³-hybridized carbons (Fsp3) is 0.458. The molecule has 0 spiro atoms. The van der Waals surface area contributed by atoms with E-state index in [4.69, 9.17) is 9.72 Å². The average Bonchev–Trinajstić information content (AvgIpc) is 3.21. The van der Waals surface area contributed by atoms with Crippen molar-refractivity contribution in [1.29, 1.82) is 5.26 Å². The lowest BCUT2D eigenvalue weighted by molar-refractivity contribution is 0.0169. The molecule has 7 heteroatoms. The summed E-state index contributed by atoms with van der Waals surface area (Å²) in [6.07, 6.45) is 4.33. The maximum Gasteiger partial charge on any atom is 0.137 e. The molecule has 2 aliphatic rings. The number of nitrogens with zero attached hydrogens (tertiary/aromatic N) is 5. The van der Waals surface area contributed by atoms with E-state index < -0.39 is 0 Å². The number of benzene rings is 1. The molecule has 1 N–H and O–H groups in total. The number of morpholine rings is 1. The molecule has 0 aliphatic carbocycles. The summed E-state index contributed by atoms with van der Waals surface area (Å²) < 4.78 is 7.90. The van der Waals surface area contributed by atoms with Gasteiger partial charge < -0.3 is 15.0 Å². The van der Waals surface area contributed by atoms with Crippen LogP contribution >= 0.6 is 0 Å². The molecule has 4 heterocycles. The van der Waals surface area contributed by atoms with Gasteiger partial charge >= 0.3 is 0 Å². The predicted molar refractivity (Wildman–Crippen MR) is 121 cm³/mol. The van der Waals surface area contributed by atoms with E-state index in [0.29, 0.717) is 12.1 Å². The Morgan fingerprint density at radius 2 is 2.03 bits per heavy atom. The summed E-state index contributed by atoms with van der Waals surface area (Å²) in [6, 6.07) is 12.2. The van der Waals surface area contributed by atoms with E-state index in [-0.39, 0.29) is 6.10 Å². The van der Waals surface area contributed by atoms with Crippen molar-refractivity contribution in [1.82, 2.24) is 20.1 Å². The molecule has 0 amide bonds. The van der Waals surface area contributed by atoms with Crippen molar-refractivity contribution in [3.05, 3.63) is 42.1 Å². The SMILES string of the molecule is CC1CCN(c2nc3cnn(C[C@@H]4CNCCO4)c3cc2-c2ccc(C#N)cc2)CC1. The Morgan fingerprint density at radius 3 is 2.74 bits per heavy atom. The highest BCUT2D eigenvalue weighted by molar-refractivity contribution is 5.88. The van der Waals surface area contributed by atoms with Gasteiger partial charge in [0.15, 0.2) is 0 Å². The molecule has 31 heavy (non-hydrogen) atoms. The van der Waals surface area contributed by atoms with Crippen LogP contribution in [0, 0.1) is 17.2 Å². The zero-order chi connectivity index (χ0) is 21.2. The van der Waals surface area contributed by atoms with Crippen molar-refractivity contribution in [3.63, 3.8) is 0 Å². The molecule has 160 valence electrons. The van der Waals surface area contributed by atoms with Gasteiger partial charge in [-0.15, -0.1) is 0 Å². The maximum atomic E-state index is 9.19. The van der Waals surface area contributed by atoms with Crippen molar-refractivity contribution in [2.24, 2.45) is 5.92 Å². The zero-order valence-electron chi connectivity index (χ0n) is 17.9. The summed E-state index contributed by atoms with van der Waals surface area (Å²) in [4.78, 5) is 7.48. The minimum atomic E-state index is 0.110. The standard InChI is InChI=1S/C24H28N6O/c1-17-6-9-29(10-7-17)24-21(19-4-2-18(13-25)3-5-19)12-23-22(28-24)15-27-30(23)16-20-14-26-8-11-31-20/h2-5,12,15,17,20,26H,6-11,14,16H2,1H3/t20-/m0/s1. The van der Waals surface area contributed by atoms with Gasteiger partial charge in [-0.05, 0) is 42.5 Å². The molecule has 7 nitrogen and oxygen atoms in total. The van der Waals surface area contributed by atoms with Crippen molar-refractivity contribution in [2.45, 2.75) is 32.4 Å². The van der Waals surface area contributed by atoms with E-state index in [1.165, 1.54) is 12.8 Å². The molecule has 0 radical (unpaired) electrons.